The Bertz CT molecular complexity index is 712. The normalized spacial score (nSPS) is 17.6. The molecule has 2 heterocycles. The predicted molar refractivity (Wildman–Crippen MR) is 110 cm³/mol. The van der Waals surface area contributed by atoms with E-state index in [0.717, 1.165) is 71.6 Å². The zero-order chi connectivity index (χ0) is 20.5. The van der Waals surface area contributed by atoms with Gasteiger partial charge in [-0.25, -0.2) is 0 Å². The highest BCUT2D eigenvalue weighted by atomic mass is 16.5. The molecule has 158 valence electrons. The number of ether oxygens (including phenoxy) is 1. The van der Waals surface area contributed by atoms with Crippen molar-refractivity contribution < 1.29 is 19.1 Å². The molecule has 1 aromatic rings. The first-order valence-electron chi connectivity index (χ1n) is 10.4. The van der Waals surface area contributed by atoms with Gasteiger partial charge in [0.05, 0.1) is 24.5 Å². The van der Waals surface area contributed by atoms with Crippen LogP contribution in [0.2, 0.25) is 0 Å². The quantitative estimate of drug-likeness (QED) is 0.549. The Hall–Kier alpha value is -2.45. The lowest BCUT2D eigenvalue weighted by molar-refractivity contribution is -0.136. The van der Waals surface area contributed by atoms with E-state index in [1.165, 1.54) is 0 Å². The smallest absolute Gasteiger partial charge is 0.313 e. The van der Waals surface area contributed by atoms with Crippen molar-refractivity contribution in [2.75, 3.05) is 57.8 Å². The molecule has 8 heteroatoms. The molecule has 0 radical (unpaired) electrons. The van der Waals surface area contributed by atoms with Crippen LogP contribution in [-0.2, 0) is 14.3 Å². The van der Waals surface area contributed by atoms with Crippen molar-refractivity contribution >= 4 is 23.4 Å². The van der Waals surface area contributed by atoms with Crippen LogP contribution in [0, 0.1) is 0 Å². The summed E-state index contributed by atoms with van der Waals surface area (Å²) in [6.45, 7) is 6.02. The molecule has 2 saturated heterocycles. The van der Waals surface area contributed by atoms with Crippen LogP contribution in [0.3, 0.4) is 0 Å². The summed E-state index contributed by atoms with van der Waals surface area (Å²) in [5.41, 5.74) is 0.791. The van der Waals surface area contributed by atoms with E-state index in [1.54, 1.807) is 29.2 Å². The van der Waals surface area contributed by atoms with Gasteiger partial charge in [0, 0.05) is 32.7 Å². The van der Waals surface area contributed by atoms with Crippen LogP contribution >= 0.6 is 0 Å². The molecule has 0 atom stereocenters. The fraction of sp³-hybridized carbons (Fsp3) is 0.571. The van der Waals surface area contributed by atoms with Crippen molar-refractivity contribution in [2.45, 2.75) is 25.7 Å². The van der Waals surface area contributed by atoms with E-state index in [-0.39, 0.29) is 5.91 Å². The van der Waals surface area contributed by atoms with E-state index < -0.39 is 11.8 Å². The second-order valence-electron chi connectivity index (χ2n) is 7.42. The molecular formula is C21H30N4O4. The van der Waals surface area contributed by atoms with Crippen LogP contribution in [0.1, 0.15) is 36.0 Å². The fourth-order valence-electron chi connectivity index (χ4n) is 3.63. The number of carbonyl (C=O) groups excluding carboxylic acids is 3. The molecule has 0 aromatic heterocycles. The molecule has 3 amide bonds. The third-order valence-corrected chi connectivity index (χ3v) is 5.30. The minimum Gasteiger partial charge on any atom is -0.379 e. The highest BCUT2D eigenvalue weighted by Gasteiger charge is 2.22. The van der Waals surface area contributed by atoms with Gasteiger partial charge in [-0.3, -0.25) is 19.3 Å². The molecule has 2 aliphatic rings. The van der Waals surface area contributed by atoms with Crippen molar-refractivity contribution in [1.29, 1.82) is 0 Å². The first-order valence-corrected chi connectivity index (χ1v) is 10.4. The number of carbonyl (C=O) groups is 3. The molecule has 0 aliphatic carbocycles. The molecule has 2 fully saturated rings. The Balaban J connectivity index is 1.48. The lowest BCUT2D eigenvalue weighted by atomic mass is 10.1. The maximum atomic E-state index is 12.8. The summed E-state index contributed by atoms with van der Waals surface area (Å²) < 4.78 is 5.31. The summed E-state index contributed by atoms with van der Waals surface area (Å²) in [6, 6.07) is 6.84. The number of amides is 3. The molecule has 2 aliphatic heterocycles. The van der Waals surface area contributed by atoms with Gasteiger partial charge in [-0.15, -0.1) is 0 Å². The lowest BCUT2D eigenvalue weighted by Gasteiger charge is -2.27. The largest absolute Gasteiger partial charge is 0.379 e. The average molecular weight is 402 g/mol. The number of piperidine rings is 1. The van der Waals surface area contributed by atoms with Crippen LogP contribution in [0.25, 0.3) is 0 Å². The van der Waals surface area contributed by atoms with Gasteiger partial charge < -0.3 is 20.3 Å². The van der Waals surface area contributed by atoms with Crippen molar-refractivity contribution in [3.05, 3.63) is 29.8 Å². The van der Waals surface area contributed by atoms with Crippen molar-refractivity contribution in [2.24, 2.45) is 0 Å². The fourth-order valence-corrected chi connectivity index (χ4v) is 3.63. The number of hydrogen-bond acceptors (Lipinski definition) is 5. The monoisotopic (exact) mass is 402 g/mol. The van der Waals surface area contributed by atoms with E-state index in [0.29, 0.717) is 17.8 Å². The molecule has 0 saturated carbocycles. The third-order valence-electron chi connectivity index (χ3n) is 5.30. The van der Waals surface area contributed by atoms with E-state index in [9.17, 15) is 14.4 Å². The Morgan fingerprint density at radius 1 is 0.931 bits per heavy atom. The number of nitrogens with zero attached hydrogens (tertiary/aromatic N) is 2. The number of likely N-dealkylation sites (tertiary alicyclic amines) is 1. The number of rotatable bonds is 6. The Morgan fingerprint density at radius 3 is 2.41 bits per heavy atom. The summed E-state index contributed by atoms with van der Waals surface area (Å²) in [7, 11) is 0. The zero-order valence-corrected chi connectivity index (χ0v) is 16.8. The zero-order valence-electron chi connectivity index (χ0n) is 16.8. The van der Waals surface area contributed by atoms with Gasteiger partial charge in [-0.1, -0.05) is 12.1 Å². The van der Waals surface area contributed by atoms with Crippen molar-refractivity contribution in [3.63, 3.8) is 0 Å². The minimum absolute atomic E-state index is 0.105. The highest BCUT2D eigenvalue weighted by Crippen LogP contribution is 2.20. The van der Waals surface area contributed by atoms with Crippen LogP contribution in [0.4, 0.5) is 5.69 Å². The Morgan fingerprint density at radius 2 is 1.66 bits per heavy atom. The molecular weight excluding hydrogens is 372 g/mol. The highest BCUT2D eigenvalue weighted by molar-refractivity contribution is 6.40. The molecule has 0 bridgehead atoms. The minimum atomic E-state index is -0.754. The number of hydrogen-bond donors (Lipinski definition) is 2. The molecule has 8 nitrogen and oxygen atoms in total. The van der Waals surface area contributed by atoms with Crippen molar-refractivity contribution in [3.8, 4) is 0 Å². The molecule has 0 spiro atoms. The maximum absolute atomic E-state index is 12.8. The van der Waals surface area contributed by atoms with Crippen LogP contribution in [-0.4, -0.2) is 80.0 Å². The first kappa shape index (κ1) is 21.3. The SMILES string of the molecule is O=C(NCCCN1CCOCC1)C(=O)Nc1ccccc1C(=O)N1CCCCC1. The summed E-state index contributed by atoms with van der Waals surface area (Å²) in [5, 5.41) is 5.25. The molecule has 2 N–H and O–H groups in total. The number of benzene rings is 1. The van der Waals surface area contributed by atoms with Gasteiger partial charge in [0.1, 0.15) is 0 Å². The number of anilines is 1. The summed E-state index contributed by atoms with van der Waals surface area (Å²) in [6.07, 6.45) is 3.89. The van der Waals surface area contributed by atoms with Gasteiger partial charge in [0.25, 0.3) is 5.91 Å². The molecule has 29 heavy (non-hydrogen) atoms. The Kier molecular flexibility index (Phi) is 8.01. The average Bonchev–Trinajstić information content (AvgIpc) is 2.77. The van der Waals surface area contributed by atoms with Crippen LogP contribution in [0.5, 0.6) is 0 Å². The van der Waals surface area contributed by atoms with Crippen LogP contribution in [0.15, 0.2) is 24.3 Å². The maximum Gasteiger partial charge on any atom is 0.313 e. The predicted octanol–water partition coefficient (Wildman–Crippen LogP) is 1.09. The number of para-hydroxylation sites is 1. The Labute approximate surface area is 171 Å². The summed E-state index contributed by atoms with van der Waals surface area (Å²) in [5.74, 6) is -1.55. The number of morpholine rings is 1. The topological polar surface area (TPSA) is 91.0 Å². The standard InChI is InChI=1S/C21H30N4O4/c26-19(22-9-6-10-24-13-15-29-16-14-24)20(27)23-18-8-3-2-7-17(18)21(28)25-11-4-1-5-12-25/h2-3,7-8H,1,4-6,9-16H2,(H,22,26)(H,23,27). The van der Waals surface area contributed by atoms with E-state index in [1.807, 2.05) is 0 Å². The van der Waals surface area contributed by atoms with E-state index in [4.69, 9.17) is 4.74 Å². The molecule has 0 unspecified atom stereocenters. The third kappa shape index (κ3) is 6.27. The second kappa shape index (κ2) is 10.9. The lowest BCUT2D eigenvalue weighted by Crippen LogP contribution is -2.40. The molecule has 1 aromatic carbocycles. The van der Waals surface area contributed by atoms with Gasteiger partial charge >= 0.3 is 11.8 Å². The summed E-state index contributed by atoms with van der Waals surface area (Å²) >= 11 is 0. The first-order chi connectivity index (χ1) is 14.1. The summed E-state index contributed by atoms with van der Waals surface area (Å²) in [4.78, 5) is 41.3. The van der Waals surface area contributed by atoms with E-state index >= 15 is 0 Å². The molecule has 3 rings (SSSR count). The number of nitrogens with one attached hydrogen (secondary N) is 2. The van der Waals surface area contributed by atoms with Crippen molar-refractivity contribution in [1.82, 2.24) is 15.1 Å². The van der Waals surface area contributed by atoms with Gasteiger partial charge in [0.15, 0.2) is 0 Å². The van der Waals surface area contributed by atoms with Gasteiger partial charge in [0.2, 0.25) is 0 Å². The van der Waals surface area contributed by atoms with Gasteiger partial charge in [-0.2, -0.15) is 0 Å². The van der Waals surface area contributed by atoms with Gasteiger partial charge in [-0.05, 0) is 44.4 Å². The van der Waals surface area contributed by atoms with Crippen LogP contribution < -0.4 is 10.6 Å². The second-order valence-corrected chi connectivity index (χ2v) is 7.42. The van der Waals surface area contributed by atoms with E-state index in [2.05, 4.69) is 15.5 Å².